The number of carbonyl (C=O) groups excluding carboxylic acids is 1. The number of nitrogens with zero attached hydrogens (tertiary/aromatic N) is 2. The lowest BCUT2D eigenvalue weighted by molar-refractivity contribution is -0.123. The van der Waals surface area contributed by atoms with Gasteiger partial charge in [-0.15, -0.1) is 0 Å². The van der Waals surface area contributed by atoms with Crippen LogP contribution in [0.1, 0.15) is 11.7 Å². The number of rotatable bonds is 5. The predicted molar refractivity (Wildman–Crippen MR) is 95.8 cm³/mol. The molecule has 0 spiro atoms. The van der Waals surface area contributed by atoms with Crippen molar-refractivity contribution >= 4 is 27.5 Å². The van der Waals surface area contributed by atoms with Crippen molar-refractivity contribution < 1.29 is 9.53 Å². The highest BCUT2D eigenvalue weighted by atomic mass is 79.9. The predicted octanol–water partition coefficient (Wildman–Crippen LogP) is 3.94. The molecule has 0 unspecified atom stereocenters. The van der Waals surface area contributed by atoms with Gasteiger partial charge in [0.25, 0.3) is 5.91 Å². The van der Waals surface area contributed by atoms with Crippen molar-refractivity contribution in [2.24, 2.45) is 7.05 Å². The van der Waals surface area contributed by atoms with Crippen LogP contribution in [0.2, 0.25) is 0 Å². The molecule has 0 saturated heterocycles. The lowest BCUT2D eigenvalue weighted by atomic mass is 10.1. The average molecular weight is 386 g/mol. The first-order chi connectivity index (χ1) is 11.6. The van der Waals surface area contributed by atoms with Crippen molar-refractivity contribution in [3.8, 4) is 5.75 Å². The highest BCUT2D eigenvalue weighted by Gasteiger charge is 2.24. The molecule has 6 heteroatoms. The third kappa shape index (κ3) is 3.83. The minimum Gasteiger partial charge on any atom is -0.475 e. The van der Waals surface area contributed by atoms with Crippen molar-refractivity contribution in [2.45, 2.75) is 6.10 Å². The summed E-state index contributed by atoms with van der Waals surface area (Å²) >= 11 is 3.45. The zero-order valence-electron chi connectivity index (χ0n) is 13.0. The van der Waals surface area contributed by atoms with Crippen LogP contribution in [0.4, 0.5) is 5.69 Å². The van der Waals surface area contributed by atoms with Crippen molar-refractivity contribution in [3.63, 3.8) is 0 Å². The van der Waals surface area contributed by atoms with Gasteiger partial charge in [-0.1, -0.05) is 42.5 Å². The zero-order chi connectivity index (χ0) is 16.9. The summed E-state index contributed by atoms with van der Waals surface area (Å²) in [6.45, 7) is 0. The van der Waals surface area contributed by atoms with E-state index in [0.29, 0.717) is 11.4 Å². The van der Waals surface area contributed by atoms with E-state index in [0.717, 1.165) is 10.0 Å². The van der Waals surface area contributed by atoms with Crippen LogP contribution in [0.5, 0.6) is 5.75 Å². The first-order valence-electron chi connectivity index (χ1n) is 7.39. The van der Waals surface area contributed by atoms with Crippen molar-refractivity contribution in [1.82, 2.24) is 9.78 Å². The monoisotopic (exact) mass is 385 g/mol. The molecule has 24 heavy (non-hydrogen) atoms. The van der Waals surface area contributed by atoms with E-state index in [-0.39, 0.29) is 5.91 Å². The van der Waals surface area contributed by atoms with E-state index < -0.39 is 6.10 Å². The van der Waals surface area contributed by atoms with Crippen molar-refractivity contribution in [1.29, 1.82) is 0 Å². The molecule has 1 amide bonds. The van der Waals surface area contributed by atoms with Gasteiger partial charge in [-0.2, -0.15) is 5.10 Å². The summed E-state index contributed by atoms with van der Waals surface area (Å²) in [5.74, 6) is 0.345. The second kappa shape index (κ2) is 7.31. The van der Waals surface area contributed by atoms with E-state index in [1.807, 2.05) is 54.6 Å². The fourth-order valence-corrected chi connectivity index (χ4v) is 2.64. The number of hydrogen-bond donors (Lipinski definition) is 1. The van der Waals surface area contributed by atoms with E-state index in [1.165, 1.54) is 0 Å². The molecular formula is C18H16BrN3O2. The molecule has 3 rings (SSSR count). The summed E-state index contributed by atoms with van der Waals surface area (Å²) in [7, 11) is 1.79. The minimum atomic E-state index is -0.773. The van der Waals surface area contributed by atoms with E-state index in [4.69, 9.17) is 4.74 Å². The SMILES string of the molecule is Cn1cc(NC(=O)[C@@H](Oc2ccccc2Br)c2ccccc2)cn1. The van der Waals surface area contributed by atoms with E-state index in [9.17, 15) is 4.79 Å². The van der Waals surface area contributed by atoms with E-state index in [2.05, 4.69) is 26.3 Å². The van der Waals surface area contributed by atoms with E-state index >= 15 is 0 Å². The van der Waals surface area contributed by atoms with Gasteiger partial charge in [0.2, 0.25) is 6.10 Å². The van der Waals surface area contributed by atoms with Gasteiger partial charge in [-0.05, 0) is 28.1 Å². The maximum Gasteiger partial charge on any atom is 0.270 e. The molecular weight excluding hydrogens is 370 g/mol. The van der Waals surface area contributed by atoms with Gasteiger partial charge in [0.05, 0.1) is 16.4 Å². The van der Waals surface area contributed by atoms with Crippen LogP contribution in [0.3, 0.4) is 0 Å². The average Bonchev–Trinajstić information content (AvgIpc) is 2.99. The van der Waals surface area contributed by atoms with E-state index in [1.54, 1.807) is 24.1 Å². The Hall–Kier alpha value is -2.60. The third-order valence-electron chi connectivity index (χ3n) is 3.39. The maximum absolute atomic E-state index is 12.7. The smallest absolute Gasteiger partial charge is 0.270 e. The molecule has 0 aliphatic rings. The molecule has 0 aliphatic heterocycles. The van der Waals surface area contributed by atoms with Crippen LogP contribution >= 0.6 is 15.9 Å². The Morgan fingerprint density at radius 2 is 1.88 bits per heavy atom. The summed E-state index contributed by atoms with van der Waals surface area (Å²) in [5.41, 5.74) is 1.40. The highest BCUT2D eigenvalue weighted by Crippen LogP contribution is 2.29. The highest BCUT2D eigenvalue weighted by molar-refractivity contribution is 9.10. The first-order valence-corrected chi connectivity index (χ1v) is 8.18. The van der Waals surface area contributed by atoms with Crippen LogP contribution in [-0.2, 0) is 11.8 Å². The second-order valence-electron chi connectivity index (χ2n) is 5.23. The fraction of sp³-hybridized carbons (Fsp3) is 0.111. The molecule has 0 aliphatic carbocycles. The quantitative estimate of drug-likeness (QED) is 0.723. The van der Waals surface area contributed by atoms with Crippen molar-refractivity contribution in [2.75, 3.05) is 5.32 Å². The Bertz CT molecular complexity index is 833. The Morgan fingerprint density at radius 3 is 2.54 bits per heavy atom. The lowest BCUT2D eigenvalue weighted by Gasteiger charge is -2.19. The number of hydrogen-bond acceptors (Lipinski definition) is 3. The molecule has 3 aromatic rings. The molecule has 2 aromatic carbocycles. The summed E-state index contributed by atoms with van der Waals surface area (Å²) in [5, 5.41) is 6.89. The molecule has 122 valence electrons. The van der Waals surface area contributed by atoms with Gasteiger partial charge in [0, 0.05) is 18.8 Å². The molecule has 0 saturated carbocycles. The molecule has 5 nitrogen and oxygen atoms in total. The number of ether oxygens (including phenoxy) is 1. The number of amides is 1. The van der Waals surface area contributed by atoms with Crippen LogP contribution in [-0.4, -0.2) is 15.7 Å². The second-order valence-corrected chi connectivity index (χ2v) is 6.09. The van der Waals surface area contributed by atoms with Gasteiger partial charge >= 0.3 is 0 Å². The van der Waals surface area contributed by atoms with Gasteiger partial charge in [0.15, 0.2) is 0 Å². The summed E-state index contributed by atoms with van der Waals surface area (Å²) in [6.07, 6.45) is 2.56. The number of aromatic nitrogens is 2. The number of para-hydroxylation sites is 1. The molecule has 0 bridgehead atoms. The Balaban J connectivity index is 1.87. The number of carbonyl (C=O) groups is 1. The largest absolute Gasteiger partial charge is 0.475 e. The molecule has 0 radical (unpaired) electrons. The normalized spacial score (nSPS) is 11.8. The maximum atomic E-state index is 12.7. The van der Waals surface area contributed by atoms with Crippen LogP contribution in [0.15, 0.2) is 71.5 Å². The van der Waals surface area contributed by atoms with Gasteiger partial charge in [0.1, 0.15) is 5.75 Å². The third-order valence-corrected chi connectivity index (χ3v) is 4.05. The van der Waals surface area contributed by atoms with Gasteiger partial charge < -0.3 is 10.1 Å². The summed E-state index contributed by atoms with van der Waals surface area (Å²) in [6, 6.07) is 16.8. The first kappa shape index (κ1) is 16.3. The molecule has 1 N–H and O–H groups in total. The summed E-state index contributed by atoms with van der Waals surface area (Å²) < 4.78 is 8.40. The van der Waals surface area contributed by atoms with Gasteiger partial charge in [-0.3, -0.25) is 9.48 Å². The molecule has 0 fully saturated rings. The van der Waals surface area contributed by atoms with Crippen LogP contribution in [0, 0.1) is 0 Å². The molecule has 1 aromatic heterocycles. The molecule has 1 heterocycles. The van der Waals surface area contributed by atoms with Crippen LogP contribution < -0.4 is 10.1 Å². The number of halogens is 1. The minimum absolute atomic E-state index is 0.259. The standard InChI is InChI=1S/C18H16BrN3O2/c1-22-12-14(11-20-22)21-18(23)17(13-7-3-2-4-8-13)24-16-10-6-5-9-15(16)19/h2-12,17H,1H3,(H,21,23)/t17-/m0/s1. The number of aryl methyl sites for hydroxylation is 1. The number of anilines is 1. The molecule has 1 atom stereocenters. The van der Waals surface area contributed by atoms with Crippen molar-refractivity contribution in [3.05, 3.63) is 77.0 Å². The fourth-order valence-electron chi connectivity index (χ4n) is 2.26. The number of benzene rings is 2. The van der Waals surface area contributed by atoms with Crippen LogP contribution in [0.25, 0.3) is 0 Å². The Morgan fingerprint density at radius 1 is 1.17 bits per heavy atom. The lowest BCUT2D eigenvalue weighted by Crippen LogP contribution is -2.25. The summed E-state index contributed by atoms with van der Waals surface area (Å²) in [4.78, 5) is 12.7. The topological polar surface area (TPSA) is 56.2 Å². The van der Waals surface area contributed by atoms with Gasteiger partial charge in [-0.25, -0.2) is 0 Å². The Kier molecular flexibility index (Phi) is 4.96. The number of nitrogens with one attached hydrogen (secondary N) is 1. The zero-order valence-corrected chi connectivity index (χ0v) is 14.6. The Labute approximate surface area is 148 Å².